The molecule has 1 aromatic rings. The third-order valence-electron chi connectivity index (χ3n) is 5.15. The number of methoxy groups -OCH3 is 2. The molecule has 0 saturated carbocycles. The molecule has 1 aromatic carbocycles. The number of carbonyl (C=O) groups excluding carboxylic acids is 2. The standard InChI is InChI=1S/C20H29NO5Si/c1-19(2,3)27(6,7)26-16-10-8-15(9-11-16)20(14-21,12-17(22)24-4)13-18(23)25-5/h8-11H,12-13H2,1-7H3. The van der Waals surface area contributed by atoms with Crippen molar-refractivity contribution in [2.45, 2.75) is 57.2 Å². The lowest BCUT2D eigenvalue weighted by Gasteiger charge is -2.36. The second-order valence-corrected chi connectivity index (χ2v) is 12.8. The number of esters is 2. The number of carbonyl (C=O) groups is 2. The summed E-state index contributed by atoms with van der Waals surface area (Å²) in [6.07, 6.45) is -0.477. The van der Waals surface area contributed by atoms with Crippen molar-refractivity contribution in [1.29, 1.82) is 5.26 Å². The molecule has 0 atom stereocenters. The van der Waals surface area contributed by atoms with Crippen LogP contribution < -0.4 is 4.43 Å². The molecule has 0 saturated heterocycles. The van der Waals surface area contributed by atoms with Crippen LogP contribution in [0.5, 0.6) is 5.75 Å². The van der Waals surface area contributed by atoms with E-state index in [4.69, 9.17) is 13.9 Å². The Labute approximate surface area is 162 Å². The van der Waals surface area contributed by atoms with Crippen molar-refractivity contribution < 1.29 is 23.5 Å². The minimum absolute atomic E-state index is 0.0534. The zero-order valence-corrected chi connectivity index (χ0v) is 18.2. The van der Waals surface area contributed by atoms with E-state index in [-0.39, 0.29) is 17.9 Å². The molecule has 0 aromatic heterocycles. The number of ether oxygens (including phenoxy) is 2. The van der Waals surface area contributed by atoms with Gasteiger partial charge < -0.3 is 13.9 Å². The van der Waals surface area contributed by atoms with Gasteiger partial charge in [-0.1, -0.05) is 32.9 Å². The lowest BCUT2D eigenvalue weighted by molar-refractivity contribution is -0.144. The zero-order chi connectivity index (χ0) is 20.9. The van der Waals surface area contributed by atoms with Crippen LogP contribution in [0.4, 0.5) is 0 Å². The molecular formula is C20H29NO5Si. The molecule has 0 fully saturated rings. The third-order valence-corrected chi connectivity index (χ3v) is 9.51. The summed E-state index contributed by atoms with van der Waals surface area (Å²) in [6.45, 7) is 10.8. The molecule has 0 aliphatic carbocycles. The molecule has 27 heavy (non-hydrogen) atoms. The summed E-state index contributed by atoms with van der Waals surface area (Å²) >= 11 is 0. The molecule has 0 unspecified atom stereocenters. The van der Waals surface area contributed by atoms with Gasteiger partial charge in [0, 0.05) is 0 Å². The fourth-order valence-electron chi connectivity index (χ4n) is 2.34. The van der Waals surface area contributed by atoms with E-state index in [9.17, 15) is 14.9 Å². The molecule has 0 aliphatic heterocycles. The first-order valence-corrected chi connectivity index (χ1v) is 11.7. The van der Waals surface area contributed by atoms with Gasteiger partial charge >= 0.3 is 11.9 Å². The quantitative estimate of drug-likeness (QED) is 0.516. The Bertz CT molecular complexity index is 695. The Balaban J connectivity index is 3.23. The van der Waals surface area contributed by atoms with Crippen LogP contribution in [0.15, 0.2) is 24.3 Å². The van der Waals surface area contributed by atoms with Crippen molar-refractivity contribution >= 4 is 20.3 Å². The van der Waals surface area contributed by atoms with E-state index in [1.165, 1.54) is 14.2 Å². The molecule has 0 heterocycles. The Morgan fingerprint density at radius 1 is 1.00 bits per heavy atom. The van der Waals surface area contributed by atoms with Crippen LogP contribution >= 0.6 is 0 Å². The Hall–Kier alpha value is -2.33. The van der Waals surface area contributed by atoms with Crippen molar-refractivity contribution in [1.82, 2.24) is 0 Å². The largest absolute Gasteiger partial charge is 0.544 e. The van der Waals surface area contributed by atoms with Crippen molar-refractivity contribution in [3.8, 4) is 11.8 Å². The van der Waals surface area contributed by atoms with Gasteiger partial charge in [-0.15, -0.1) is 0 Å². The monoisotopic (exact) mass is 391 g/mol. The van der Waals surface area contributed by atoms with Crippen LogP contribution in [0.3, 0.4) is 0 Å². The summed E-state index contributed by atoms with van der Waals surface area (Å²) in [4.78, 5) is 23.7. The second kappa shape index (κ2) is 8.57. The maximum atomic E-state index is 11.8. The molecule has 6 nitrogen and oxygen atoms in total. The Morgan fingerprint density at radius 2 is 1.44 bits per heavy atom. The average molecular weight is 392 g/mol. The van der Waals surface area contributed by atoms with Crippen LogP contribution in [0.25, 0.3) is 0 Å². The van der Waals surface area contributed by atoms with Crippen LogP contribution in [-0.4, -0.2) is 34.5 Å². The Morgan fingerprint density at radius 3 is 1.78 bits per heavy atom. The summed E-state index contributed by atoms with van der Waals surface area (Å²) in [5, 5.41) is 9.84. The Kier molecular flexibility index (Phi) is 7.21. The van der Waals surface area contributed by atoms with E-state index in [0.717, 1.165) is 0 Å². The van der Waals surface area contributed by atoms with Crippen LogP contribution in [-0.2, 0) is 24.5 Å². The van der Waals surface area contributed by atoms with Gasteiger partial charge in [0.15, 0.2) is 0 Å². The summed E-state index contributed by atoms with van der Waals surface area (Å²) in [6, 6.07) is 9.11. The fraction of sp³-hybridized carbons (Fsp3) is 0.550. The molecule has 148 valence electrons. The summed E-state index contributed by atoms with van der Waals surface area (Å²) < 4.78 is 15.7. The molecule has 0 radical (unpaired) electrons. The first-order valence-electron chi connectivity index (χ1n) is 8.75. The first-order chi connectivity index (χ1) is 12.4. The maximum absolute atomic E-state index is 11.8. The van der Waals surface area contributed by atoms with Gasteiger partial charge in [-0.2, -0.15) is 5.26 Å². The minimum atomic E-state index is -1.99. The highest BCUT2D eigenvalue weighted by molar-refractivity contribution is 6.74. The highest BCUT2D eigenvalue weighted by atomic mass is 28.4. The average Bonchev–Trinajstić information content (AvgIpc) is 2.60. The number of hydrogen-bond donors (Lipinski definition) is 0. The predicted octanol–water partition coefficient (Wildman–Crippen LogP) is 3.96. The van der Waals surface area contributed by atoms with Crippen molar-refractivity contribution in [2.75, 3.05) is 14.2 Å². The van der Waals surface area contributed by atoms with Crippen molar-refractivity contribution in [3.63, 3.8) is 0 Å². The summed E-state index contributed by atoms with van der Waals surface area (Å²) in [5.74, 6) is -0.433. The van der Waals surface area contributed by atoms with E-state index in [0.29, 0.717) is 11.3 Å². The van der Waals surface area contributed by atoms with E-state index in [2.05, 4.69) is 39.9 Å². The molecule has 0 bridgehead atoms. The topological polar surface area (TPSA) is 85.6 Å². The second-order valence-electron chi connectivity index (χ2n) is 8.09. The van der Waals surface area contributed by atoms with Crippen LogP contribution in [0, 0.1) is 11.3 Å². The van der Waals surface area contributed by atoms with Gasteiger partial charge in [0.25, 0.3) is 0 Å². The lowest BCUT2D eigenvalue weighted by Crippen LogP contribution is -2.43. The SMILES string of the molecule is COC(=O)CC(C#N)(CC(=O)OC)c1ccc(O[Si](C)(C)C(C)(C)C)cc1. The fourth-order valence-corrected chi connectivity index (χ4v) is 3.37. The molecule has 7 heteroatoms. The van der Waals surface area contributed by atoms with Gasteiger partial charge in [-0.05, 0) is 35.8 Å². The summed E-state index contributed by atoms with van der Waals surface area (Å²) in [5.41, 5.74) is -0.807. The zero-order valence-electron chi connectivity index (χ0n) is 17.2. The van der Waals surface area contributed by atoms with Gasteiger partial charge in [-0.3, -0.25) is 9.59 Å². The molecule has 0 N–H and O–H groups in total. The third kappa shape index (κ3) is 5.57. The van der Waals surface area contributed by atoms with E-state index >= 15 is 0 Å². The molecule has 0 amide bonds. The van der Waals surface area contributed by atoms with Gasteiger partial charge in [0.1, 0.15) is 11.2 Å². The molecule has 0 aliphatic rings. The normalized spacial score (nSPS) is 12.1. The summed E-state index contributed by atoms with van der Waals surface area (Å²) in [7, 11) is 0.503. The number of hydrogen-bond acceptors (Lipinski definition) is 6. The van der Waals surface area contributed by atoms with Gasteiger partial charge in [0.2, 0.25) is 8.32 Å². The van der Waals surface area contributed by atoms with Gasteiger partial charge in [-0.25, -0.2) is 0 Å². The van der Waals surface area contributed by atoms with Crippen molar-refractivity contribution in [2.24, 2.45) is 0 Å². The van der Waals surface area contributed by atoms with Crippen LogP contribution in [0.1, 0.15) is 39.2 Å². The smallest absolute Gasteiger partial charge is 0.307 e. The van der Waals surface area contributed by atoms with E-state index in [1.54, 1.807) is 24.3 Å². The number of nitrogens with zero attached hydrogens (tertiary/aromatic N) is 1. The maximum Gasteiger partial charge on any atom is 0.307 e. The molecule has 0 spiro atoms. The van der Waals surface area contributed by atoms with Crippen LogP contribution in [0.2, 0.25) is 18.1 Å². The van der Waals surface area contributed by atoms with E-state index < -0.39 is 25.7 Å². The highest BCUT2D eigenvalue weighted by Gasteiger charge is 2.40. The van der Waals surface area contributed by atoms with E-state index in [1.807, 2.05) is 0 Å². The molecule has 1 rings (SSSR count). The van der Waals surface area contributed by atoms with Gasteiger partial charge in [0.05, 0.1) is 33.1 Å². The van der Waals surface area contributed by atoms with Crippen molar-refractivity contribution in [3.05, 3.63) is 29.8 Å². The molecular weight excluding hydrogens is 362 g/mol. The first kappa shape index (κ1) is 22.7. The number of benzene rings is 1. The minimum Gasteiger partial charge on any atom is -0.544 e. The number of nitriles is 1. The predicted molar refractivity (Wildman–Crippen MR) is 105 cm³/mol. The number of rotatable bonds is 7. The highest BCUT2D eigenvalue weighted by Crippen LogP contribution is 2.38. The lowest BCUT2D eigenvalue weighted by atomic mass is 9.76.